The van der Waals surface area contributed by atoms with Gasteiger partial charge in [0.05, 0.1) is 24.8 Å². The summed E-state index contributed by atoms with van der Waals surface area (Å²) in [5.41, 5.74) is 5.62. The molecule has 1 unspecified atom stereocenters. The molecule has 1 amide bonds. The van der Waals surface area contributed by atoms with E-state index < -0.39 is 11.7 Å². The van der Waals surface area contributed by atoms with Crippen LogP contribution in [0, 0.1) is 0 Å². The highest BCUT2D eigenvalue weighted by Gasteiger charge is 2.30. The van der Waals surface area contributed by atoms with E-state index in [1.165, 1.54) is 12.1 Å². The highest BCUT2D eigenvalue weighted by Crippen LogP contribution is 2.39. The molecule has 0 saturated carbocycles. The predicted molar refractivity (Wildman–Crippen MR) is 149 cm³/mol. The summed E-state index contributed by atoms with van der Waals surface area (Å²) in [5.74, 6) is 0.899. The number of carbonyl (C=O) groups excluding carboxylic acids is 1. The quantitative estimate of drug-likeness (QED) is 0.226. The zero-order valence-corrected chi connectivity index (χ0v) is 22.3. The maximum absolute atomic E-state index is 13.0. The molecule has 7 nitrogen and oxygen atoms in total. The molecule has 4 aromatic rings. The van der Waals surface area contributed by atoms with E-state index >= 15 is 0 Å². The fourth-order valence-electron chi connectivity index (χ4n) is 4.55. The number of pyridine rings is 1. The minimum atomic E-state index is -4.38. The van der Waals surface area contributed by atoms with Crippen LogP contribution in [0.3, 0.4) is 0 Å². The van der Waals surface area contributed by atoms with E-state index in [2.05, 4.69) is 15.8 Å². The van der Waals surface area contributed by atoms with Gasteiger partial charge in [-0.25, -0.2) is 10.5 Å². The topological polar surface area (TPSA) is 75.7 Å². The molecule has 0 saturated heterocycles. The van der Waals surface area contributed by atoms with Gasteiger partial charge < -0.3 is 15.0 Å². The Balaban J connectivity index is 1.24. The molecule has 1 atom stereocenters. The van der Waals surface area contributed by atoms with Crippen molar-refractivity contribution in [1.29, 1.82) is 0 Å². The lowest BCUT2D eigenvalue weighted by atomic mass is 10.1. The number of rotatable bonds is 9. The Hall–Kier alpha value is -4.57. The van der Waals surface area contributed by atoms with Crippen molar-refractivity contribution in [3.05, 3.63) is 119 Å². The van der Waals surface area contributed by atoms with E-state index in [4.69, 9.17) is 9.57 Å². The number of hydrogen-bond donors (Lipinski definition) is 2. The number of halogens is 3. The smallest absolute Gasteiger partial charge is 0.416 e. The minimum absolute atomic E-state index is 0.171. The van der Waals surface area contributed by atoms with E-state index in [1.807, 2.05) is 54.3 Å². The maximum atomic E-state index is 13.0. The number of amides is 1. The van der Waals surface area contributed by atoms with Crippen LogP contribution in [0.15, 0.2) is 91.1 Å². The molecule has 0 aliphatic carbocycles. The van der Waals surface area contributed by atoms with Crippen LogP contribution < -0.4 is 20.4 Å². The zero-order chi connectivity index (χ0) is 28.8. The van der Waals surface area contributed by atoms with Gasteiger partial charge in [0.2, 0.25) is 0 Å². The predicted octanol–water partition coefficient (Wildman–Crippen LogP) is 6.53. The number of carbonyl (C=O) groups is 1. The van der Waals surface area contributed by atoms with Gasteiger partial charge >= 0.3 is 6.18 Å². The second-order valence-electron chi connectivity index (χ2n) is 9.66. The number of hydrogen-bond acceptors (Lipinski definition) is 6. The summed E-state index contributed by atoms with van der Waals surface area (Å²) < 4.78 is 44.8. The van der Waals surface area contributed by atoms with Gasteiger partial charge in [-0.3, -0.25) is 9.63 Å². The third-order valence-electron chi connectivity index (χ3n) is 6.75. The Morgan fingerprint density at radius 3 is 2.44 bits per heavy atom. The standard InChI is InChI=1S/C31H29F3N4O3/c1-21(24-9-11-25(12-10-24)30(39)37-41-20-23-5-3-2-4-6-23)36-29-28-27(15-16-35-29)40-18-17-38(28)19-22-7-13-26(14-8-22)31(32,33)34/h2-16,21H,17-20H2,1H3,(H,35,36)(H,37,39). The van der Waals surface area contributed by atoms with Crippen LogP contribution in [-0.2, 0) is 24.2 Å². The Bertz CT molecular complexity index is 1460. The molecule has 41 heavy (non-hydrogen) atoms. The van der Waals surface area contributed by atoms with Gasteiger partial charge in [-0.2, -0.15) is 13.2 Å². The van der Waals surface area contributed by atoms with Gasteiger partial charge in [-0.05, 0) is 47.9 Å². The van der Waals surface area contributed by atoms with Gasteiger partial charge in [-0.15, -0.1) is 0 Å². The van der Waals surface area contributed by atoms with Gasteiger partial charge in [0.1, 0.15) is 18.0 Å². The molecule has 0 spiro atoms. The Morgan fingerprint density at radius 1 is 1.00 bits per heavy atom. The lowest BCUT2D eigenvalue weighted by Gasteiger charge is -2.33. The summed E-state index contributed by atoms with van der Waals surface area (Å²) in [6, 6.07) is 23.5. The number of benzene rings is 3. The molecule has 0 fully saturated rings. The van der Waals surface area contributed by atoms with E-state index in [-0.39, 0.29) is 18.6 Å². The Morgan fingerprint density at radius 2 is 1.73 bits per heavy atom. The number of anilines is 2. The van der Waals surface area contributed by atoms with Crippen molar-refractivity contribution in [3.63, 3.8) is 0 Å². The number of nitrogens with zero attached hydrogens (tertiary/aromatic N) is 2. The maximum Gasteiger partial charge on any atom is 0.416 e. The lowest BCUT2D eigenvalue weighted by molar-refractivity contribution is -0.137. The van der Waals surface area contributed by atoms with Crippen molar-refractivity contribution < 1.29 is 27.5 Å². The van der Waals surface area contributed by atoms with Gasteiger partial charge in [0.25, 0.3) is 5.91 Å². The summed E-state index contributed by atoms with van der Waals surface area (Å²) >= 11 is 0. The molecule has 0 bridgehead atoms. The molecule has 212 valence electrons. The van der Waals surface area contributed by atoms with Gasteiger partial charge in [0.15, 0.2) is 5.82 Å². The molecule has 1 aliphatic heterocycles. The summed E-state index contributed by atoms with van der Waals surface area (Å²) in [6.45, 7) is 3.65. The highest BCUT2D eigenvalue weighted by atomic mass is 19.4. The normalized spacial score (nSPS) is 13.6. The van der Waals surface area contributed by atoms with E-state index in [0.29, 0.717) is 36.8 Å². The molecule has 2 N–H and O–H groups in total. The monoisotopic (exact) mass is 562 g/mol. The van der Waals surface area contributed by atoms with Crippen LogP contribution in [0.1, 0.15) is 45.6 Å². The first-order valence-electron chi connectivity index (χ1n) is 13.1. The Labute approximate surface area is 235 Å². The van der Waals surface area contributed by atoms with Crippen LogP contribution in [0.5, 0.6) is 5.75 Å². The van der Waals surface area contributed by atoms with Crippen molar-refractivity contribution in [2.24, 2.45) is 0 Å². The second kappa shape index (κ2) is 12.3. The molecule has 3 aromatic carbocycles. The molecule has 1 aromatic heterocycles. The fourth-order valence-corrected chi connectivity index (χ4v) is 4.55. The van der Waals surface area contributed by atoms with E-state index in [0.717, 1.165) is 34.5 Å². The van der Waals surface area contributed by atoms with Crippen LogP contribution in [0.2, 0.25) is 0 Å². The molecular formula is C31H29F3N4O3. The molecule has 0 radical (unpaired) electrons. The van der Waals surface area contributed by atoms with Crippen molar-refractivity contribution in [2.75, 3.05) is 23.4 Å². The van der Waals surface area contributed by atoms with Crippen LogP contribution in [0.4, 0.5) is 24.7 Å². The minimum Gasteiger partial charge on any atom is -0.489 e. The first kappa shape index (κ1) is 28.0. The average molecular weight is 563 g/mol. The average Bonchev–Trinajstić information content (AvgIpc) is 2.98. The van der Waals surface area contributed by atoms with Crippen LogP contribution in [0.25, 0.3) is 0 Å². The van der Waals surface area contributed by atoms with Crippen molar-refractivity contribution >= 4 is 17.4 Å². The second-order valence-corrected chi connectivity index (χ2v) is 9.66. The molecular weight excluding hydrogens is 533 g/mol. The summed E-state index contributed by atoms with van der Waals surface area (Å²) in [4.78, 5) is 24.4. The summed E-state index contributed by atoms with van der Waals surface area (Å²) in [5, 5.41) is 3.43. The summed E-state index contributed by atoms with van der Waals surface area (Å²) in [6.07, 6.45) is -2.72. The van der Waals surface area contributed by atoms with Crippen molar-refractivity contribution in [2.45, 2.75) is 32.3 Å². The third kappa shape index (κ3) is 6.96. The van der Waals surface area contributed by atoms with Gasteiger partial charge in [-0.1, -0.05) is 54.6 Å². The van der Waals surface area contributed by atoms with Crippen molar-refractivity contribution in [1.82, 2.24) is 10.5 Å². The number of ether oxygens (including phenoxy) is 1. The molecule has 10 heteroatoms. The van der Waals surface area contributed by atoms with E-state index in [1.54, 1.807) is 24.4 Å². The fraction of sp³-hybridized carbons (Fsp3) is 0.226. The van der Waals surface area contributed by atoms with Gasteiger partial charge in [0, 0.05) is 24.4 Å². The van der Waals surface area contributed by atoms with E-state index in [9.17, 15) is 18.0 Å². The number of nitrogens with one attached hydrogen (secondary N) is 2. The SMILES string of the molecule is CC(Nc1nccc2c1N(Cc1ccc(C(F)(F)F)cc1)CCO2)c1ccc(C(=O)NOCc2ccccc2)cc1. The lowest BCUT2D eigenvalue weighted by Crippen LogP contribution is -2.33. The molecule has 5 rings (SSSR count). The number of alkyl halides is 3. The third-order valence-corrected chi connectivity index (χ3v) is 6.75. The zero-order valence-electron chi connectivity index (χ0n) is 22.3. The number of aromatic nitrogens is 1. The number of hydroxylamine groups is 1. The Kier molecular flexibility index (Phi) is 8.39. The van der Waals surface area contributed by atoms with Crippen LogP contribution >= 0.6 is 0 Å². The van der Waals surface area contributed by atoms with Crippen LogP contribution in [-0.4, -0.2) is 24.0 Å². The largest absolute Gasteiger partial charge is 0.489 e. The molecule has 2 heterocycles. The summed E-state index contributed by atoms with van der Waals surface area (Å²) in [7, 11) is 0. The van der Waals surface area contributed by atoms with Crippen molar-refractivity contribution in [3.8, 4) is 5.75 Å². The molecule has 1 aliphatic rings. The number of fused-ring (bicyclic) bond motifs is 1. The highest BCUT2D eigenvalue weighted by molar-refractivity contribution is 5.93. The first-order valence-corrected chi connectivity index (χ1v) is 13.1. The first-order chi connectivity index (χ1) is 19.8.